The van der Waals surface area contributed by atoms with Crippen LogP contribution in [0, 0.1) is 6.92 Å². The smallest absolute Gasteiger partial charge is 0.163 e. The average molecular weight is 407 g/mol. The molecule has 1 aromatic heterocycles. The number of carbonyl (C=O) groups is 1. The molecule has 30 heavy (non-hydrogen) atoms. The summed E-state index contributed by atoms with van der Waals surface area (Å²) < 4.78 is 13.1. The first-order valence-corrected chi connectivity index (χ1v) is 10.7. The Kier molecular flexibility index (Phi) is 6.50. The maximum atomic E-state index is 12.7. The summed E-state index contributed by atoms with van der Waals surface area (Å²) in [7, 11) is 1.63. The van der Waals surface area contributed by atoms with Gasteiger partial charge in [0.1, 0.15) is 5.75 Å². The number of methoxy groups -OCH3 is 1. The second-order valence-electron chi connectivity index (χ2n) is 7.84. The molecule has 0 saturated carbocycles. The van der Waals surface area contributed by atoms with Crippen LogP contribution in [0.4, 0.5) is 0 Å². The van der Waals surface area contributed by atoms with E-state index in [4.69, 9.17) is 9.47 Å². The molecule has 0 radical (unpaired) electrons. The zero-order chi connectivity index (χ0) is 20.9. The standard InChI is InChI=1S/C25H30N2O3/c1-19-22(11-12-25(28)20-7-9-21(29-2)10-8-20)23-5-3-4-6-24(23)27(19)14-13-26-15-17-30-18-16-26/h3-10H,11-18H2,1-2H3. The summed E-state index contributed by atoms with van der Waals surface area (Å²) in [5.41, 5.74) is 4.56. The Morgan fingerprint density at radius 2 is 1.77 bits per heavy atom. The third-order valence-electron chi connectivity index (χ3n) is 6.12. The van der Waals surface area contributed by atoms with Crippen LogP contribution in [0.15, 0.2) is 48.5 Å². The quantitative estimate of drug-likeness (QED) is 0.528. The molecule has 0 amide bonds. The molecule has 1 saturated heterocycles. The second-order valence-corrected chi connectivity index (χ2v) is 7.84. The van der Waals surface area contributed by atoms with Crippen LogP contribution in [0.5, 0.6) is 5.75 Å². The van der Waals surface area contributed by atoms with Gasteiger partial charge in [-0.15, -0.1) is 0 Å². The number of morpholine rings is 1. The van der Waals surface area contributed by atoms with Crippen LogP contribution in [0.3, 0.4) is 0 Å². The summed E-state index contributed by atoms with van der Waals surface area (Å²) in [4.78, 5) is 15.2. The minimum absolute atomic E-state index is 0.169. The van der Waals surface area contributed by atoms with Crippen molar-refractivity contribution in [1.29, 1.82) is 0 Å². The van der Waals surface area contributed by atoms with E-state index in [0.29, 0.717) is 6.42 Å². The highest BCUT2D eigenvalue weighted by Gasteiger charge is 2.17. The van der Waals surface area contributed by atoms with Crippen molar-refractivity contribution < 1.29 is 14.3 Å². The summed E-state index contributed by atoms with van der Waals surface area (Å²) in [5, 5.41) is 1.26. The molecular formula is C25H30N2O3. The van der Waals surface area contributed by atoms with E-state index in [1.165, 1.54) is 22.2 Å². The molecule has 2 aromatic carbocycles. The van der Waals surface area contributed by atoms with Crippen molar-refractivity contribution in [2.45, 2.75) is 26.3 Å². The summed E-state index contributed by atoms with van der Waals surface area (Å²) in [6.07, 6.45) is 1.26. The van der Waals surface area contributed by atoms with Crippen molar-refractivity contribution in [3.8, 4) is 5.75 Å². The number of benzene rings is 2. The zero-order valence-electron chi connectivity index (χ0n) is 17.9. The highest BCUT2D eigenvalue weighted by molar-refractivity contribution is 5.96. The van der Waals surface area contributed by atoms with E-state index in [9.17, 15) is 4.79 Å². The summed E-state index contributed by atoms with van der Waals surface area (Å²) in [6.45, 7) is 7.82. The number of hydrogen-bond acceptors (Lipinski definition) is 4. The molecule has 1 aliphatic heterocycles. The molecule has 1 aliphatic rings. The van der Waals surface area contributed by atoms with Crippen LogP contribution in [-0.4, -0.2) is 55.2 Å². The molecule has 158 valence electrons. The van der Waals surface area contributed by atoms with Gasteiger partial charge in [0.15, 0.2) is 5.78 Å². The highest BCUT2D eigenvalue weighted by Crippen LogP contribution is 2.27. The van der Waals surface area contributed by atoms with Crippen LogP contribution in [0.1, 0.15) is 28.0 Å². The van der Waals surface area contributed by atoms with Gasteiger partial charge in [0.2, 0.25) is 0 Å². The van der Waals surface area contributed by atoms with Crippen molar-refractivity contribution in [2.75, 3.05) is 40.0 Å². The molecule has 2 heterocycles. The van der Waals surface area contributed by atoms with Gasteiger partial charge in [-0.25, -0.2) is 0 Å². The number of hydrogen-bond donors (Lipinski definition) is 0. The molecule has 3 aromatic rings. The number of carbonyl (C=O) groups excluding carboxylic acids is 1. The van der Waals surface area contributed by atoms with E-state index in [2.05, 4.69) is 40.7 Å². The fraction of sp³-hybridized carbons (Fsp3) is 0.400. The summed E-state index contributed by atoms with van der Waals surface area (Å²) in [6, 6.07) is 15.9. The predicted octanol–water partition coefficient (Wildman–Crippen LogP) is 4.11. The van der Waals surface area contributed by atoms with Crippen molar-refractivity contribution in [3.05, 3.63) is 65.4 Å². The van der Waals surface area contributed by atoms with Gasteiger partial charge in [0.05, 0.1) is 20.3 Å². The van der Waals surface area contributed by atoms with Gasteiger partial charge in [-0.3, -0.25) is 9.69 Å². The Hall–Kier alpha value is -2.63. The van der Waals surface area contributed by atoms with E-state index >= 15 is 0 Å². The molecule has 0 unspecified atom stereocenters. The van der Waals surface area contributed by atoms with E-state index in [1.54, 1.807) is 7.11 Å². The van der Waals surface area contributed by atoms with Crippen molar-refractivity contribution in [1.82, 2.24) is 9.47 Å². The minimum atomic E-state index is 0.169. The molecule has 5 heteroatoms. The first kappa shape index (κ1) is 20.6. The Bertz CT molecular complexity index is 1000. The first-order chi connectivity index (χ1) is 14.7. The Morgan fingerprint density at radius 1 is 1.03 bits per heavy atom. The van der Waals surface area contributed by atoms with Crippen LogP contribution in [0.2, 0.25) is 0 Å². The van der Waals surface area contributed by atoms with Gasteiger partial charge in [-0.2, -0.15) is 0 Å². The van der Waals surface area contributed by atoms with E-state index in [1.807, 2.05) is 24.3 Å². The zero-order valence-corrected chi connectivity index (χ0v) is 17.9. The number of ether oxygens (including phenoxy) is 2. The molecule has 4 rings (SSSR count). The number of aromatic nitrogens is 1. The predicted molar refractivity (Wildman–Crippen MR) is 120 cm³/mol. The number of fused-ring (bicyclic) bond motifs is 1. The maximum Gasteiger partial charge on any atom is 0.163 e. The van der Waals surface area contributed by atoms with Crippen molar-refractivity contribution >= 4 is 16.7 Å². The van der Waals surface area contributed by atoms with Crippen LogP contribution in [-0.2, 0) is 17.7 Å². The highest BCUT2D eigenvalue weighted by atomic mass is 16.5. The molecular weight excluding hydrogens is 376 g/mol. The molecule has 1 fully saturated rings. The third-order valence-corrected chi connectivity index (χ3v) is 6.12. The van der Waals surface area contributed by atoms with Gasteiger partial charge < -0.3 is 14.0 Å². The number of Topliss-reactive ketones (excluding diaryl/α,β-unsaturated/α-hetero) is 1. The Morgan fingerprint density at radius 3 is 2.50 bits per heavy atom. The molecule has 0 bridgehead atoms. The Labute approximate surface area is 178 Å². The van der Waals surface area contributed by atoms with Gasteiger partial charge >= 0.3 is 0 Å². The van der Waals surface area contributed by atoms with Gasteiger partial charge in [0.25, 0.3) is 0 Å². The lowest BCUT2D eigenvalue weighted by Gasteiger charge is -2.27. The van der Waals surface area contributed by atoms with Gasteiger partial charge in [-0.1, -0.05) is 18.2 Å². The van der Waals surface area contributed by atoms with Crippen LogP contribution in [0.25, 0.3) is 10.9 Å². The Balaban J connectivity index is 1.50. The lowest BCUT2D eigenvalue weighted by molar-refractivity contribution is 0.0365. The normalized spacial score (nSPS) is 14.9. The monoisotopic (exact) mass is 406 g/mol. The lowest BCUT2D eigenvalue weighted by Crippen LogP contribution is -2.38. The van der Waals surface area contributed by atoms with Gasteiger partial charge in [0, 0.05) is 54.8 Å². The number of aryl methyl sites for hydroxylation is 1. The van der Waals surface area contributed by atoms with Crippen LogP contribution < -0.4 is 4.74 Å². The first-order valence-electron chi connectivity index (χ1n) is 10.7. The van der Waals surface area contributed by atoms with Crippen molar-refractivity contribution in [3.63, 3.8) is 0 Å². The van der Waals surface area contributed by atoms with E-state index < -0.39 is 0 Å². The van der Waals surface area contributed by atoms with Gasteiger partial charge in [-0.05, 0) is 49.2 Å². The van der Waals surface area contributed by atoms with Crippen LogP contribution >= 0.6 is 0 Å². The SMILES string of the molecule is COc1ccc(C(=O)CCc2c(C)n(CCN3CCOCC3)c3ccccc23)cc1. The summed E-state index contributed by atoms with van der Waals surface area (Å²) in [5.74, 6) is 0.938. The third kappa shape index (κ3) is 4.42. The number of ketones is 1. The molecule has 0 spiro atoms. The fourth-order valence-electron chi connectivity index (χ4n) is 4.33. The largest absolute Gasteiger partial charge is 0.497 e. The van der Waals surface area contributed by atoms with Crippen molar-refractivity contribution in [2.24, 2.45) is 0 Å². The maximum absolute atomic E-state index is 12.7. The molecule has 0 atom stereocenters. The lowest BCUT2D eigenvalue weighted by atomic mass is 10.0. The van der Waals surface area contributed by atoms with E-state index in [0.717, 1.165) is 57.1 Å². The minimum Gasteiger partial charge on any atom is -0.497 e. The molecule has 5 nitrogen and oxygen atoms in total. The number of rotatable bonds is 8. The molecule has 0 N–H and O–H groups in total. The molecule has 0 aliphatic carbocycles. The average Bonchev–Trinajstić information content (AvgIpc) is 3.07. The number of nitrogens with zero attached hydrogens (tertiary/aromatic N) is 2. The van der Waals surface area contributed by atoms with E-state index in [-0.39, 0.29) is 5.78 Å². The second kappa shape index (κ2) is 9.45. The summed E-state index contributed by atoms with van der Waals surface area (Å²) >= 11 is 0. The number of para-hydroxylation sites is 1. The fourth-order valence-corrected chi connectivity index (χ4v) is 4.33. The topological polar surface area (TPSA) is 43.7 Å².